The van der Waals surface area contributed by atoms with E-state index < -0.39 is 29.2 Å². The van der Waals surface area contributed by atoms with Gasteiger partial charge in [-0.1, -0.05) is 0 Å². The first-order chi connectivity index (χ1) is 15.2. The van der Waals surface area contributed by atoms with Gasteiger partial charge in [0.05, 0.1) is 13.7 Å². The number of aldehydes is 1. The summed E-state index contributed by atoms with van der Waals surface area (Å²) in [5.74, 6) is -2.39. The Morgan fingerprint density at radius 1 is 1.31 bits per heavy atom. The number of ether oxygens (including phenoxy) is 1. The summed E-state index contributed by atoms with van der Waals surface area (Å²) >= 11 is 0. The van der Waals surface area contributed by atoms with Gasteiger partial charge < -0.3 is 25.3 Å². The highest BCUT2D eigenvalue weighted by molar-refractivity contribution is 6.03. The lowest BCUT2D eigenvalue weighted by Crippen LogP contribution is -2.58. The predicted molar refractivity (Wildman–Crippen MR) is 111 cm³/mol. The van der Waals surface area contributed by atoms with Crippen molar-refractivity contribution in [2.24, 2.45) is 0 Å². The molecule has 0 radical (unpaired) electrons. The van der Waals surface area contributed by atoms with Gasteiger partial charge in [0, 0.05) is 48.8 Å². The van der Waals surface area contributed by atoms with Gasteiger partial charge in [0.25, 0.3) is 11.8 Å². The molecular formula is C22H23F2N3O5. The van der Waals surface area contributed by atoms with Crippen molar-refractivity contribution in [3.63, 3.8) is 0 Å². The smallest absolute Gasteiger partial charge is 0.273 e. The average Bonchev–Trinajstić information content (AvgIpc) is 3.13. The number of nitrogens with zero attached hydrogens (tertiary/aromatic N) is 1. The molecular weight excluding hydrogens is 424 g/mol. The van der Waals surface area contributed by atoms with Crippen LogP contribution in [0, 0.1) is 11.6 Å². The van der Waals surface area contributed by atoms with E-state index in [2.05, 4.69) is 10.6 Å². The van der Waals surface area contributed by atoms with Crippen LogP contribution in [-0.2, 0) is 22.7 Å². The summed E-state index contributed by atoms with van der Waals surface area (Å²) in [7, 11) is 2.74. The summed E-state index contributed by atoms with van der Waals surface area (Å²) in [6, 6.07) is 6.36. The lowest BCUT2D eigenvalue weighted by molar-refractivity contribution is -0.159. The van der Waals surface area contributed by atoms with Crippen molar-refractivity contribution in [1.82, 2.24) is 10.2 Å². The summed E-state index contributed by atoms with van der Waals surface area (Å²) < 4.78 is 33.5. The number of halogens is 2. The normalized spacial score (nSPS) is 14.5. The van der Waals surface area contributed by atoms with Crippen molar-refractivity contribution in [1.29, 1.82) is 0 Å². The summed E-state index contributed by atoms with van der Waals surface area (Å²) in [5, 5.41) is 16.2. The fraction of sp³-hybridized carbons (Fsp3) is 0.318. The number of fused-ring (bicyclic) bond motifs is 1. The molecule has 0 aromatic heterocycles. The maximum Gasteiger partial charge on any atom is 0.273 e. The van der Waals surface area contributed by atoms with Crippen LogP contribution in [0.2, 0.25) is 0 Å². The molecule has 0 aliphatic carbocycles. The number of methoxy groups -OCH3 is 1. The second-order valence-electron chi connectivity index (χ2n) is 7.28. The summed E-state index contributed by atoms with van der Waals surface area (Å²) in [6.07, 6.45) is 0.0335. The molecule has 1 atom stereocenters. The van der Waals surface area contributed by atoms with Crippen molar-refractivity contribution < 1.29 is 33.0 Å². The fourth-order valence-electron chi connectivity index (χ4n) is 3.67. The standard InChI is InChI=1S/C22H23F2N3O5/c1-25-21(30)22(31,6-3-7-28)27-12-17-16(20(27)29)9-14(23)10-19(17)26-11-13-8-15(32-2)4-5-18(13)24/h4-5,7-10,26,31H,3,6,11-12H2,1-2H3,(H,25,30). The van der Waals surface area contributed by atoms with E-state index in [0.29, 0.717) is 17.6 Å². The van der Waals surface area contributed by atoms with E-state index in [1.807, 2.05) is 0 Å². The van der Waals surface area contributed by atoms with Gasteiger partial charge in [-0.25, -0.2) is 8.78 Å². The van der Waals surface area contributed by atoms with Gasteiger partial charge in [0.15, 0.2) is 0 Å². The summed E-state index contributed by atoms with van der Waals surface area (Å²) in [6.45, 7) is -0.238. The molecule has 0 saturated heterocycles. The van der Waals surface area contributed by atoms with E-state index in [-0.39, 0.29) is 42.7 Å². The van der Waals surface area contributed by atoms with E-state index >= 15 is 0 Å². The monoisotopic (exact) mass is 447 g/mol. The van der Waals surface area contributed by atoms with Crippen molar-refractivity contribution in [3.8, 4) is 5.75 Å². The number of nitrogens with one attached hydrogen (secondary N) is 2. The fourth-order valence-corrected chi connectivity index (χ4v) is 3.67. The van der Waals surface area contributed by atoms with Gasteiger partial charge >= 0.3 is 0 Å². The average molecular weight is 447 g/mol. The Morgan fingerprint density at radius 2 is 2.06 bits per heavy atom. The third kappa shape index (κ3) is 4.26. The highest BCUT2D eigenvalue weighted by atomic mass is 19.1. The van der Waals surface area contributed by atoms with Crippen molar-refractivity contribution >= 4 is 23.8 Å². The molecule has 3 N–H and O–H groups in total. The molecule has 2 aromatic rings. The van der Waals surface area contributed by atoms with Crippen LogP contribution in [0.15, 0.2) is 30.3 Å². The first kappa shape index (κ1) is 23.1. The van der Waals surface area contributed by atoms with Gasteiger partial charge in [-0.15, -0.1) is 0 Å². The van der Waals surface area contributed by atoms with Crippen LogP contribution in [0.25, 0.3) is 0 Å². The van der Waals surface area contributed by atoms with Crippen LogP contribution < -0.4 is 15.4 Å². The molecule has 1 heterocycles. The zero-order valence-electron chi connectivity index (χ0n) is 17.6. The maximum absolute atomic E-state index is 14.3. The largest absolute Gasteiger partial charge is 0.497 e. The number of benzene rings is 2. The highest BCUT2D eigenvalue weighted by Gasteiger charge is 2.48. The Morgan fingerprint density at radius 3 is 2.72 bits per heavy atom. The number of anilines is 1. The molecule has 0 saturated carbocycles. The second kappa shape index (κ2) is 9.31. The SMILES string of the molecule is CNC(=O)C(O)(CCC=O)N1Cc2c(NCc3cc(OC)ccc3F)cc(F)cc2C1=O. The van der Waals surface area contributed by atoms with Crippen molar-refractivity contribution in [2.45, 2.75) is 31.7 Å². The molecule has 2 aromatic carbocycles. The molecule has 1 unspecified atom stereocenters. The molecule has 0 spiro atoms. The topological polar surface area (TPSA) is 108 Å². The number of carbonyl (C=O) groups is 3. The molecule has 10 heteroatoms. The number of hydrogen-bond acceptors (Lipinski definition) is 6. The van der Waals surface area contributed by atoms with Crippen molar-refractivity contribution in [3.05, 3.63) is 58.7 Å². The van der Waals surface area contributed by atoms with Crippen LogP contribution in [0.4, 0.5) is 14.5 Å². The maximum atomic E-state index is 14.3. The quantitative estimate of drug-likeness (QED) is 0.508. The van der Waals surface area contributed by atoms with E-state index in [1.54, 1.807) is 0 Å². The molecule has 8 nitrogen and oxygen atoms in total. The van der Waals surface area contributed by atoms with Crippen LogP contribution in [-0.4, -0.2) is 48.0 Å². The van der Waals surface area contributed by atoms with Gasteiger partial charge in [-0.05, 0) is 30.3 Å². The van der Waals surface area contributed by atoms with E-state index in [1.165, 1.54) is 32.4 Å². The first-order valence-electron chi connectivity index (χ1n) is 9.84. The number of rotatable bonds is 9. The van der Waals surface area contributed by atoms with Gasteiger partial charge in [-0.2, -0.15) is 0 Å². The number of likely N-dealkylation sites (N-methyl/N-ethyl adjacent to an activating group) is 1. The van der Waals surface area contributed by atoms with Crippen LogP contribution >= 0.6 is 0 Å². The third-order valence-electron chi connectivity index (χ3n) is 5.38. The van der Waals surface area contributed by atoms with Crippen LogP contribution in [0.5, 0.6) is 5.75 Å². The van der Waals surface area contributed by atoms with E-state index in [4.69, 9.17) is 4.74 Å². The Hall–Kier alpha value is -3.53. The van der Waals surface area contributed by atoms with E-state index in [9.17, 15) is 28.3 Å². The van der Waals surface area contributed by atoms with Crippen molar-refractivity contribution in [2.75, 3.05) is 19.5 Å². The predicted octanol–water partition coefficient (Wildman–Crippen LogP) is 1.95. The number of amides is 2. The molecule has 0 bridgehead atoms. The molecule has 1 aliphatic rings. The first-order valence-corrected chi connectivity index (χ1v) is 9.84. The van der Waals surface area contributed by atoms with E-state index in [0.717, 1.165) is 17.0 Å². The minimum Gasteiger partial charge on any atom is -0.497 e. The Balaban J connectivity index is 1.93. The molecule has 1 aliphatic heterocycles. The van der Waals surface area contributed by atoms with Gasteiger partial charge in [-0.3, -0.25) is 14.5 Å². The van der Waals surface area contributed by atoms with Crippen LogP contribution in [0.3, 0.4) is 0 Å². The Labute approximate surface area is 183 Å². The molecule has 2 amide bonds. The minimum absolute atomic E-state index is 0.0298. The Kier molecular flexibility index (Phi) is 6.73. The van der Waals surface area contributed by atoms with Gasteiger partial charge in [0.2, 0.25) is 5.72 Å². The number of carbonyl (C=O) groups excluding carboxylic acids is 3. The summed E-state index contributed by atoms with van der Waals surface area (Å²) in [4.78, 5) is 37.1. The zero-order valence-corrected chi connectivity index (χ0v) is 17.6. The zero-order chi connectivity index (χ0) is 23.5. The number of hydrogen-bond donors (Lipinski definition) is 3. The third-order valence-corrected chi connectivity index (χ3v) is 5.38. The lowest BCUT2D eigenvalue weighted by atomic mass is 10.0. The second-order valence-corrected chi connectivity index (χ2v) is 7.28. The minimum atomic E-state index is -2.29. The Bertz CT molecular complexity index is 1060. The highest BCUT2D eigenvalue weighted by Crippen LogP contribution is 2.36. The molecule has 170 valence electrons. The molecule has 0 fully saturated rings. The molecule has 32 heavy (non-hydrogen) atoms. The van der Waals surface area contributed by atoms with Crippen LogP contribution in [0.1, 0.15) is 34.3 Å². The number of aliphatic hydroxyl groups is 1. The molecule has 3 rings (SSSR count). The van der Waals surface area contributed by atoms with Gasteiger partial charge in [0.1, 0.15) is 23.7 Å². The lowest BCUT2D eigenvalue weighted by Gasteiger charge is -2.34. The summed E-state index contributed by atoms with van der Waals surface area (Å²) in [5.41, 5.74) is -1.51.